The minimum Gasteiger partial charge on any atom is -0.362 e. The van der Waals surface area contributed by atoms with Crippen LogP contribution >= 0.6 is 23.4 Å². The monoisotopic (exact) mass is 293 g/mol. The zero-order chi connectivity index (χ0) is 13.8. The van der Waals surface area contributed by atoms with E-state index in [1.54, 1.807) is 11.8 Å². The number of benzene rings is 1. The van der Waals surface area contributed by atoms with Gasteiger partial charge < -0.3 is 4.90 Å². The van der Waals surface area contributed by atoms with Crippen molar-refractivity contribution in [1.29, 1.82) is 0 Å². The van der Waals surface area contributed by atoms with Gasteiger partial charge in [-0.25, -0.2) is 9.97 Å². The Morgan fingerprint density at radius 2 is 2.00 bits per heavy atom. The lowest BCUT2D eigenvalue weighted by atomic mass is 10.2. The second-order valence-electron chi connectivity index (χ2n) is 4.43. The predicted molar refractivity (Wildman–Crippen MR) is 82.1 cm³/mol. The molecule has 19 heavy (non-hydrogen) atoms. The van der Waals surface area contributed by atoms with Gasteiger partial charge in [0.25, 0.3) is 0 Å². The second-order valence-corrected chi connectivity index (χ2v) is 5.78. The normalized spacial score (nSPS) is 10.5. The number of anilines is 1. The highest BCUT2D eigenvalue weighted by molar-refractivity contribution is 7.98. The summed E-state index contributed by atoms with van der Waals surface area (Å²) in [7, 11) is 3.97. The number of rotatable bonds is 4. The number of aromatic nitrogens is 2. The van der Waals surface area contributed by atoms with E-state index >= 15 is 0 Å². The molecule has 2 rings (SSSR count). The lowest BCUT2D eigenvalue weighted by molar-refractivity contribution is 0.911. The molecule has 0 fully saturated rings. The maximum Gasteiger partial charge on any atom is 0.189 e. The molecule has 3 nitrogen and oxygen atoms in total. The summed E-state index contributed by atoms with van der Waals surface area (Å²) in [5.41, 5.74) is 2.18. The van der Waals surface area contributed by atoms with Crippen molar-refractivity contribution in [2.45, 2.75) is 17.8 Å². The molecule has 0 saturated carbocycles. The van der Waals surface area contributed by atoms with Crippen molar-refractivity contribution < 1.29 is 0 Å². The van der Waals surface area contributed by atoms with Crippen LogP contribution in [0.1, 0.15) is 11.1 Å². The number of hydrogen-bond acceptors (Lipinski definition) is 4. The summed E-state index contributed by atoms with van der Waals surface area (Å²) in [4.78, 5) is 10.9. The molecule has 2 aromatic rings. The Labute approximate surface area is 123 Å². The largest absolute Gasteiger partial charge is 0.362 e. The third-order valence-electron chi connectivity index (χ3n) is 2.66. The van der Waals surface area contributed by atoms with Gasteiger partial charge in [0.05, 0.1) is 0 Å². The van der Waals surface area contributed by atoms with Crippen LogP contribution in [0, 0.1) is 6.92 Å². The smallest absolute Gasteiger partial charge is 0.189 e. The molecule has 1 aromatic carbocycles. The van der Waals surface area contributed by atoms with Gasteiger partial charge in [-0.1, -0.05) is 41.6 Å². The van der Waals surface area contributed by atoms with Crippen LogP contribution in [0.15, 0.2) is 35.6 Å². The first-order chi connectivity index (χ1) is 9.08. The van der Waals surface area contributed by atoms with Crippen LogP contribution in [0.2, 0.25) is 5.02 Å². The standard InChI is InChI=1S/C14H16ClN3S/c1-10-8-16-14(17-13(10)18(2)3)19-9-11-6-4-5-7-12(11)15/h4-8H,9H2,1-3H3. The van der Waals surface area contributed by atoms with Crippen LogP contribution in [-0.2, 0) is 5.75 Å². The molecule has 0 bridgehead atoms. The van der Waals surface area contributed by atoms with Gasteiger partial charge >= 0.3 is 0 Å². The first-order valence-corrected chi connectivity index (χ1v) is 7.31. The third kappa shape index (κ3) is 3.61. The van der Waals surface area contributed by atoms with E-state index in [9.17, 15) is 0 Å². The van der Waals surface area contributed by atoms with E-state index in [-0.39, 0.29) is 0 Å². The van der Waals surface area contributed by atoms with Crippen LogP contribution in [0.3, 0.4) is 0 Å². The number of nitrogens with zero attached hydrogens (tertiary/aromatic N) is 3. The van der Waals surface area contributed by atoms with Crippen LogP contribution in [0.5, 0.6) is 0 Å². The highest BCUT2D eigenvalue weighted by Gasteiger charge is 2.07. The first-order valence-electron chi connectivity index (χ1n) is 5.95. The number of hydrogen-bond donors (Lipinski definition) is 0. The van der Waals surface area contributed by atoms with Gasteiger partial charge in [0.2, 0.25) is 0 Å². The maximum absolute atomic E-state index is 6.14. The average Bonchev–Trinajstić information content (AvgIpc) is 2.39. The Morgan fingerprint density at radius 1 is 1.26 bits per heavy atom. The van der Waals surface area contributed by atoms with Gasteiger partial charge in [-0.05, 0) is 18.6 Å². The van der Waals surface area contributed by atoms with Crippen LogP contribution < -0.4 is 4.90 Å². The van der Waals surface area contributed by atoms with Crippen LogP contribution in [0.4, 0.5) is 5.82 Å². The second kappa shape index (κ2) is 6.26. The Morgan fingerprint density at radius 3 is 2.68 bits per heavy atom. The van der Waals surface area contributed by atoms with Gasteiger partial charge in [-0.15, -0.1) is 0 Å². The highest BCUT2D eigenvalue weighted by atomic mass is 35.5. The van der Waals surface area contributed by atoms with Crippen molar-refractivity contribution in [3.63, 3.8) is 0 Å². The molecule has 5 heteroatoms. The number of aryl methyl sites for hydroxylation is 1. The first kappa shape index (κ1) is 14.2. The highest BCUT2D eigenvalue weighted by Crippen LogP contribution is 2.26. The molecular formula is C14H16ClN3S. The van der Waals surface area contributed by atoms with E-state index in [0.29, 0.717) is 0 Å². The quantitative estimate of drug-likeness (QED) is 0.633. The van der Waals surface area contributed by atoms with Crippen molar-refractivity contribution in [2.24, 2.45) is 0 Å². The molecule has 0 saturated heterocycles. The minimum atomic E-state index is 0.772. The minimum absolute atomic E-state index is 0.772. The molecule has 0 radical (unpaired) electrons. The maximum atomic E-state index is 6.14. The number of halogens is 1. The summed E-state index contributed by atoms with van der Waals surface area (Å²) in [6.07, 6.45) is 1.86. The van der Waals surface area contributed by atoms with Crippen LogP contribution in [0.25, 0.3) is 0 Å². The Kier molecular flexibility index (Phi) is 4.66. The topological polar surface area (TPSA) is 29.0 Å². The molecule has 0 N–H and O–H groups in total. The van der Waals surface area contributed by atoms with Crippen molar-refractivity contribution in [3.05, 3.63) is 46.6 Å². The molecule has 100 valence electrons. The zero-order valence-corrected chi connectivity index (χ0v) is 12.8. The van der Waals surface area contributed by atoms with Gasteiger partial charge in [-0.3, -0.25) is 0 Å². The van der Waals surface area contributed by atoms with Crippen LogP contribution in [-0.4, -0.2) is 24.1 Å². The van der Waals surface area contributed by atoms with Gasteiger partial charge in [0, 0.05) is 36.6 Å². The van der Waals surface area contributed by atoms with E-state index in [1.165, 1.54) is 0 Å². The summed E-state index contributed by atoms with van der Waals surface area (Å²) < 4.78 is 0. The predicted octanol–water partition coefficient (Wildman–Crippen LogP) is 3.80. The van der Waals surface area contributed by atoms with E-state index in [2.05, 4.69) is 9.97 Å². The molecule has 0 aliphatic heterocycles. The lowest BCUT2D eigenvalue weighted by Crippen LogP contribution is -2.13. The molecule has 0 spiro atoms. The zero-order valence-electron chi connectivity index (χ0n) is 11.2. The van der Waals surface area contributed by atoms with Crippen molar-refractivity contribution in [1.82, 2.24) is 9.97 Å². The molecule has 0 atom stereocenters. The van der Waals surface area contributed by atoms with Gasteiger partial charge in [0.1, 0.15) is 5.82 Å². The van der Waals surface area contributed by atoms with Gasteiger partial charge in [-0.2, -0.15) is 0 Å². The van der Waals surface area contributed by atoms with E-state index in [1.807, 2.05) is 56.4 Å². The summed E-state index contributed by atoms with van der Waals surface area (Å²) in [6.45, 7) is 2.01. The van der Waals surface area contributed by atoms with E-state index in [0.717, 1.165) is 32.9 Å². The van der Waals surface area contributed by atoms with Crippen molar-refractivity contribution >= 4 is 29.2 Å². The van der Waals surface area contributed by atoms with Crippen molar-refractivity contribution in [2.75, 3.05) is 19.0 Å². The fourth-order valence-corrected chi connectivity index (χ4v) is 2.79. The molecule has 0 unspecified atom stereocenters. The Bertz CT molecular complexity index is 572. The van der Waals surface area contributed by atoms with E-state index < -0.39 is 0 Å². The summed E-state index contributed by atoms with van der Waals surface area (Å²) >= 11 is 7.73. The van der Waals surface area contributed by atoms with E-state index in [4.69, 9.17) is 11.6 Å². The molecule has 0 amide bonds. The fraction of sp³-hybridized carbons (Fsp3) is 0.286. The van der Waals surface area contributed by atoms with Gasteiger partial charge in [0.15, 0.2) is 5.16 Å². The van der Waals surface area contributed by atoms with Crippen molar-refractivity contribution in [3.8, 4) is 0 Å². The molecule has 1 aromatic heterocycles. The lowest BCUT2D eigenvalue weighted by Gasteiger charge is -2.14. The molecule has 0 aliphatic rings. The Hall–Kier alpha value is -1.26. The SMILES string of the molecule is Cc1cnc(SCc2ccccc2Cl)nc1N(C)C. The summed E-state index contributed by atoms with van der Waals surface area (Å²) in [6, 6.07) is 7.85. The molecule has 0 aliphatic carbocycles. The molecular weight excluding hydrogens is 278 g/mol. The summed E-state index contributed by atoms with van der Waals surface area (Å²) in [5, 5.41) is 1.56. The Balaban J connectivity index is 2.12. The fourth-order valence-electron chi connectivity index (χ4n) is 1.70. The number of thioether (sulfide) groups is 1. The summed E-state index contributed by atoms with van der Waals surface area (Å²) in [5.74, 6) is 1.73. The average molecular weight is 294 g/mol. The third-order valence-corrected chi connectivity index (χ3v) is 3.94. The molecule has 1 heterocycles.